The fourth-order valence-electron chi connectivity index (χ4n) is 1.42. The fraction of sp³-hybridized carbons (Fsp3) is 1.00. The molecule has 1 aliphatic carbocycles. The van der Waals surface area contributed by atoms with Crippen LogP contribution >= 0.6 is 15.9 Å². The molecule has 2 N–H and O–H groups in total. The van der Waals surface area contributed by atoms with Crippen molar-refractivity contribution in [3.63, 3.8) is 0 Å². The van der Waals surface area contributed by atoms with E-state index in [0.29, 0.717) is 12.8 Å². The average molecular weight is 209 g/mol. The second kappa shape index (κ2) is 2.80. The van der Waals surface area contributed by atoms with Gasteiger partial charge in [0.05, 0.1) is 11.7 Å². The first-order valence-electron chi connectivity index (χ1n) is 3.64. The summed E-state index contributed by atoms with van der Waals surface area (Å²) in [5.41, 5.74) is -0.825. The predicted octanol–water partition coefficient (Wildman–Crippen LogP) is 1.05. The van der Waals surface area contributed by atoms with Crippen LogP contribution in [0.4, 0.5) is 0 Å². The summed E-state index contributed by atoms with van der Waals surface area (Å²) in [6.07, 6.45) is 1.63. The number of hydrogen-bond donors (Lipinski definition) is 2. The van der Waals surface area contributed by atoms with Crippen LogP contribution in [0.1, 0.15) is 26.2 Å². The van der Waals surface area contributed by atoms with E-state index in [2.05, 4.69) is 15.9 Å². The molecule has 0 amide bonds. The van der Waals surface area contributed by atoms with Crippen LogP contribution in [0.15, 0.2) is 0 Å². The van der Waals surface area contributed by atoms with Gasteiger partial charge in [0.25, 0.3) is 0 Å². The highest BCUT2D eigenvalue weighted by Gasteiger charge is 2.43. The first-order valence-corrected chi connectivity index (χ1v) is 4.56. The summed E-state index contributed by atoms with van der Waals surface area (Å²) < 4.78 is 0. The Morgan fingerprint density at radius 3 is 2.50 bits per heavy atom. The lowest BCUT2D eigenvalue weighted by molar-refractivity contribution is -0.0529. The van der Waals surface area contributed by atoms with Gasteiger partial charge in [-0.1, -0.05) is 22.9 Å². The minimum Gasteiger partial charge on any atom is -0.389 e. The summed E-state index contributed by atoms with van der Waals surface area (Å²) in [7, 11) is 0. The van der Waals surface area contributed by atoms with E-state index in [1.54, 1.807) is 0 Å². The van der Waals surface area contributed by atoms with Crippen LogP contribution in [0.3, 0.4) is 0 Å². The van der Waals surface area contributed by atoms with E-state index in [9.17, 15) is 10.2 Å². The van der Waals surface area contributed by atoms with Gasteiger partial charge in [0.2, 0.25) is 0 Å². The third kappa shape index (κ3) is 1.22. The highest BCUT2D eigenvalue weighted by atomic mass is 79.9. The van der Waals surface area contributed by atoms with Crippen LogP contribution in [0.25, 0.3) is 0 Å². The molecule has 2 nitrogen and oxygen atoms in total. The second-order valence-electron chi connectivity index (χ2n) is 2.96. The molecule has 0 bridgehead atoms. The Hall–Kier alpha value is 0.400. The first-order chi connectivity index (χ1) is 4.60. The van der Waals surface area contributed by atoms with Crippen LogP contribution in [0, 0.1) is 0 Å². The largest absolute Gasteiger partial charge is 0.389 e. The smallest absolute Gasteiger partial charge is 0.0951 e. The normalized spacial score (nSPS) is 48.0. The Bertz CT molecular complexity index is 129. The standard InChI is InChI=1S/C7H13BrO2/c1-2-7(10)4-3-5(8)6(7)9/h5-6,9-10H,2-4H2,1H3/t5-,6+,7-/m0/s1. The lowest BCUT2D eigenvalue weighted by Crippen LogP contribution is -2.39. The third-order valence-electron chi connectivity index (χ3n) is 2.36. The van der Waals surface area contributed by atoms with Crippen molar-refractivity contribution < 1.29 is 10.2 Å². The van der Waals surface area contributed by atoms with Crippen molar-refractivity contribution in [2.45, 2.75) is 42.7 Å². The summed E-state index contributed by atoms with van der Waals surface area (Å²) in [5.74, 6) is 0. The van der Waals surface area contributed by atoms with E-state index in [0.717, 1.165) is 6.42 Å². The quantitative estimate of drug-likeness (QED) is 0.633. The second-order valence-corrected chi connectivity index (χ2v) is 4.13. The van der Waals surface area contributed by atoms with Crippen molar-refractivity contribution in [1.29, 1.82) is 0 Å². The van der Waals surface area contributed by atoms with E-state index < -0.39 is 11.7 Å². The van der Waals surface area contributed by atoms with E-state index in [1.165, 1.54) is 0 Å². The lowest BCUT2D eigenvalue weighted by Gasteiger charge is -2.25. The van der Waals surface area contributed by atoms with Crippen LogP contribution in [-0.4, -0.2) is 26.7 Å². The van der Waals surface area contributed by atoms with Crippen LogP contribution < -0.4 is 0 Å². The van der Waals surface area contributed by atoms with Crippen LogP contribution in [-0.2, 0) is 0 Å². The Balaban J connectivity index is 2.64. The number of aliphatic hydroxyl groups excluding tert-OH is 1. The van der Waals surface area contributed by atoms with Crippen molar-refractivity contribution in [3.05, 3.63) is 0 Å². The molecule has 0 unspecified atom stereocenters. The van der Waals surface area contributed by atoms with Crippen molar-refractivity contribution in [3.8, 4) is 0 Å². The molecule has 0 radical (unpaired) electrons. The molecule has 0 aromatic heterocycles. The minimum absolute atomic E-state index is 0.0810. The van der Waals surface area contributed by atoms with Gasteiger partial charge in [0.15, 0.2) is 0 Å². The van der Waals surface area contributed by atoms with Gasteiger partial charge in [-0.05, 0) is 19.3 Å². The maximum Gasteiger partial charge on any atom is 0.0951 e. The molecule has 3 heteroatoms. The van der Waals surface area contributed by atoms with Gasteiger partial charge in [-0.15, -0.1) is 0 Å². The van der Waals surface area contributed by atoms with Crippen molar-refractivity contribution >= 4 is 15.9 Å². The van der Waals surface area contributed by atoms with Gasteiger partial charge < -0.3 is 10.2 Å². The van der Waals surface area contributed by atoms with E-state index in [1.807, 2.05) is 6.92 Å². The van der Waals surface area contributed by atoms with Gasteiger partial charge in [-0.3, -0.25) is 0 Å². The molecule has 1 rings (SSSR count). The monoisotopic (exact) mass is 208 g/mol. The Kier molecular flexibility index (Phi) is 2.38. The zero-order valence-corrected chi connectivity index (χ0v) is 7.63. The molecule has 3 atom stereocenters. The Morgan fingerprint density at radius 1 is 1.70 bits per heavy atom. The molecule has 60 valence electrons. The van der Waals surface area contributed by atoms with Crippen LogP contribution in [0.2, 0.25) is 0 Å². The minimum atomic E-state index is -0.825. The number of halogens is 1. The van der Waals surface area contributed by atoms with Gasteiger partial charge in [0.1, 0.15) is 0 Å². The van der Waals surface area contributed by atoms with Gasteiger partial charge in [0, 0.05) is 4.83 Å². The molecule has 1 saturated carbocycles. The molecular weight excluding hydrogens is 196 g/mol. The Labute approximate surface area is 69.4 Å². The summed E-state index contributed by atoms with van der Waals surface area (Å²) in [5, 5.41) is 19.1. The van der Waals surface area contributed by atoms with Crippen LogP contribution in [0.5, 0.6) is 0 Å². The molecule has 0 heterocycles. The molecule has 0 aromatic rings. The van der Waals surface area contributed by atoms with E-state index in [4.69, 9.17) is 0 Å². The molecule has 0 spiro atoms. The maximum absolute atomic E-state index is 9.66. The number of rotatable bonds is 1. The molecule has 1 aliphatic rings. The van der Waals surface area contributed by atoms with Gasteiger partial charge in [-0.2, -0.15) is 0 Å². The topological polar surface area (TPSA) is 40.5 Å². The van der Waals surface area contributed by atoms with Gasteiger partial charge in [-0.25, -0.2) is 0 Å². The predicted molar refractivity (Wildman–Crippen MR) is 43.2 cm³/mol. The van der Waals surface area contributed by atoms with Crippen molar-refractivity contribution in [2.24, 2.45) is 0 Å². The van der Waals surface area contributed by atoms with E-state index >= 15 is 0 Å². The summed E-state index contributed by atoms with van der Waals surface area (Å²) in [6, 6.07) is 0. The summed E-state index contributed by atoms with van der Waals surface area (Å²) in [6.45, 7) is 1.90. The summed E-state index contributed by atoms with van der Waals surface area (Å²) in [4.78, 5) is 0.0810. The number of aliphatic hydroxyl groups is 2. The highest BCUT2D eigenvalue weighted by molar-refractivity contribution is 9.09. The first kappa shape index (κ1) is 8.50. The SMILES string of the molecule is CC[C@]1(O)CC[C@H](Br)[C@H]1O. The van der Waals surface area contributed by atoms with Gasteiger partial charge >= 0.3 is 0 Å². The number of hydrogen-bond acceptors (Lipinski definition) is 2. The zero-order valence-electron chi connectivity index (χ0n) is 6.05. The summed E-state index contributed by atoms with van der Waals surface area (Å²) >= 11 is 3.31. The van der Waals surface area contributed by atoms with E-state index in [-0.39, 0.29) is 4.83 Å². The molecule has 10 heavy (non-hydrogen) atoms. The maximum atomic E-state index is 9.66. The third-order valence-corrected chi connectivity index (χ3v) is 3.32. The molecular formula is C7H13BrO2. The fourth-order valence-corrected chi connectivity index (χ4v) is 2.14. The van der Waals surface area contributed by atoms with Crippen molar-refractivity contribution in [2.75, 3.05) is 0 Å². The average Bonchev–Trinajstić information content (AvgIpc) is 2.19. The number of alkyl halides is 1. The highest BCUT2D eigenvalue weighted by Crippen LogP contribution is 2.36. The Morgan fingerprint density at radius 2 is 2.30 bits per heavy atom. The zero-order chi connectivity index (χ0) is 7.78. The molecule has 0 aliphatic heterocycles. The molecule has 0 aromatic carbocycles. The molecule has 0 saturated heterocycles. The van der Waals surface area contributed by atoms with Crippen molar-refractivity contribution in [1.82, 2.24) is 0 Å². The molecule has 1 fully saturated rings. The lowest BCUT2D eigenvalue weighted by atomic mass is 9.97.